The van der Waals surface area contributed by atoms with Gasteiger partial charge in [-0.05, 0) is 32.4 Å². The maximum absolute atomic E-state index is 10.6. The lowest BCUT2D eigenvalue weighted by Crippen LogP contribution is -2.30. The SMILES string of the molecule is Cn1ncc(Cl)c1C1(O)CCCNCC1. The van der Waals surface area contributed by atoms with Crippen LogP contribution in [0.25, 0.3) is 0 Å². The Balaban J connectivity index is 2.34. The summed E-state index contributed by atoms with van der Waals surface area (Å²) in [6.45, 7) is 1.77. The Morgan fingerprint density at radius 1 is 1.53 bits per heavy atom. The molecule has 0 spiro atoms. The maximum atomic E-state index is 10.6. The zero-order chi connectivity index (χ0) is 10.9. The summed E-state index contributed by atoms with van der Waals surface area (Å²) in [4.78, 5) is 0. The molecule has 4 nitrogen and oxygen atoms in total. The van der Waals surface area contributed by atoms with E-state index in [1.807, 2.05) is 7.05 Å². The molecule has 84 valence electrons. The summed E-state index contributed by atoms with van der Waals surface area (Å²) in [6.07, 6.45) is 3.97. The van der Waals surface area contributed by atoms with Crippen molar-refractivity contribution >= 4 is 11.6 Å². The number of hydrogen-bond acceptors (Lipinski definition) is 3. The molecule has 0 aliphatic carbocycles. The summed E-state index contributed by atoms with van der Waals surface area (Å²) in [6, 6.07) is 0. The number of rotatable bonds is 1. The van der Waals surface area contributed by atoms with Gasteiger partial charge in [-0.1, -0.05) is 11.6 Å². The number of nitrogens with one attached hydrogen (secondary N) is 1. The fraction of sp³-hybridized carbons (Fsp3) is 0.700. The van der Waals surface area contributed by atoms with Crippen LogP contribution < -0.4 is 5.32 Å². The quantitative estimate of drug-likeness (QED) is 0.757. The second kappa shape index (κ2) is 4.12. The molecule has 2 rings (SSSR count). The van der Waals surface area contributed by atoms with E-state index in [2.05, 4.69) is 10.4 Å². The van der Waals surface area contributed by atoms with Gasteiger partial charge in [0.25, 0.3) is 0 Å². The molecule has 0 bridgehead atoms. The van der Waals surface area contributed by atoms with Gasteiger partial charge in [0.1, 0.15) is 5.60 Å². The van der Waals surface area contributed by atoms with Crippen LogP contribution in [0.3, 0.4) is 0 Å². The average molecular weight is 230 g/mol. The highest BCUT2D eigenvalue weighted by molar-refractivity contribution is 6.31. The molecule has 1 aromatic heterocycles. The Bertz CT molecular complexity index is 323. The highest BCUT2D eigenvalue weighted by Gasteiger charge is 2.34. The third-order valence-corrected chi connectivity index (χ3v) is 3.27. The molecule has 1 fully saturated rings. The first-order valence-corrected chi connectivity index (χ1v) is 5.62. The largest absolute Gasteiger partial charge is 0.383 e. The van der Waals surface area contributed by atoms with E-state index in [1.165, 1.54) is 0 Å². The third kappa shape index (κ3) is 2.02. The normalized spacial score (nSPS) is 27.7. The summed E-state index contributed by atoms with van der Waals surface area (Å²) < 4.78 is 1.67. The second-order valence-electron chi connectivity index (χ2n) is 4.10. The van der Waals surface area contributed by atoms with Crippen molar-refractivity contribution in [1.82, 2.24) is 15.1 Å². The van der Waals surface area contributed by atoms with E-state index in [9.17, 15) is 5.11 Å². The van der Waals surface area contributed by atoms with E-state index < -0.39 is 5.60 Å². The van der Waals surface area contributed by atoms with Gasteiger partial charge in [0, 0.05) is 7.05 Å². The summed E-state index contributed by atoms with van der Waals surface area (Å²) in [5.41, 5.74) is -0.0842. The Morgan fingerprint density at radius 3 is 3.00 bits per heavy atom. The summed E-state index contributed by atoms with van der Waals surface area (Å²) in [5.74, 6) is 0. The lowest BCUT2D eigenvalue weighted by atomic mass is 9.91. The molecule has 15 heavy (non-hydrogen) atoms. The summed E-state index contributed by atoms with van der Waals surface area (Å²) in [7, 11) is 1.82. The molecular weight excluding hydrogens is 214 g/mol. The lowest BCUT2D eigenvalue weighted by molar-refractivity contribution is 0.0162. The van der Waals surface area contributed by atoms with Gasteiger partial charge in [-0.2, -0.15) is 5.10 Å². The average Bonchev–Trinajstić information content (AvgIpc) is 2.40. The van der Waals surface area contributed by atoms with Crippen LogP contribution in [0.1, 0.15) is 25.0 Å². The minimum absolute atomic E-state index is 0.557. The lowest BCUT2D eigenvalue weighted by Gasteiger charge is -2.26. The number of aryl methyl sites for hydroxylation is 1. The predicted molar refractivity (Wildman–Crippen MR) is 58.8 cm³/mol. The van der Waals surface area contributed by atoms with Gasteiger partial charge in [-0.25, -0.2) is 0 Å². The Labute approximate surface area is 94.2 Å². The van der Waals surface area contributed by atoms with Crippen molar-refractivity contribution in [3.8, 4) is 0 Å². The molecule has 0 radical (unpaired) electrons. The third-order valence-electron chi connectivity index (χ3n) is 2.99. The first kappa shape index (κ1) is 10.9. The van der Waals surface area contributed by atoms with Crippen LogP contribution in [0.15, 0.2) is 6.20 Å². The van der Waals surface area contributed by atoms with Gasteiger partial charge >= 0.3 is 0 Å². The predicted octanol–water partition coefficient (Wildman–Crippen LogP) is 1.03. The van der Waals surface area contributed by atoms with Crippen LogP contribution in [-0.2, 0) is 12.6 Å². The molecule has 0 amide bonds. The minimum atomic E-state index is -0.828. The van der Waals surface area contributed by atoms with Crippen molar-refractivity contribution in [2.24, 2.45) is 7.05 Å². The van der Waals surface area contributed by atoms with Gasteiger partial charge in [-0.15, -0.1) is 0 Å². The fourth-order valence-corrected chi connectivity index (χ4v) is 2.56. The van der Waals surface area contributed by atoms with Crippen molar-refractivity contribution < 1.29 is 5.11 Å². The number of hydrogen-bond donors (Lipinski definition) is 2. The van der Waals surface area contributed by atoms with Crippen molar-refractivity contribution in [3.63, 3.8) is 0 Å². The van der Waals surface area contributed by atoms with E-state index in [0.29, 0.717) is 11.4 Å². The van der Waals surface area contributed by atoms with E-state index in [1.54, 1.807) is 10.9 Å². The smallest absolute Gasteiger partial charge is 0.109 e. The van der Waals surface area contributed by atoms with Gasteiger partial charge in [0.2, 0.25) is 0 Å². The fourth-order valence-electron chi connectivity index (χ4n) is 2.22. The van der Waals surface area contributed by atoms with Crippen molar-refractivity contribution in [3.05, 3.63) is 16.9 Å². The summed E-state index contributed by atoms with van der Waals surface area (Å²) in [5, 5.41) is 18.5. The molecule has 2 N–H and O–H groups in total. The highest BCUT2D eigenvalue weighted by Crippen LogP contribution is 2.35. The van der Waals surface area contributed by atoms with Gasteiger partial charge in [-0.3, -0.25) is 4.68 Å². The van der Waals surface area contributed by atoms with Gasteiger partial charge in [0.15, 0.2) is 0 Å². The Morgan fingerprint density at radius 2 is 2.33 bits per heavy atom. The number of halogens is 1. The molecular formula is C10H16ClN3O. The van der Waals surface area contributed by atoms with E-state index in [-0.39, 0.29) is 0 Å². The Kier molecular flexibility index (Phi) is 3.00. The maximum Gasteiger partial charge on any atom is 0.109 e. The molecule has 1 atom stereocenters. The first-order chi connectivity index (χ1) is 7.13. The topological polar surface area (TPSA) is 50.1 Å². The zero-order valence-corrected chi connectivity index (χ0v) is 9.59. The molecule has 0 saturated carbocycles. The van der Waals surface area contributed by atoms with Crippen LogP contribution in [0.5, 0.6) is 0 Å². The molecule has 5 heteroatoms. The minimum Gasteiger partial charge on any atom is -0.383 e. The zero-order valence-electron chi connectivity index (χ0n) is 8.83. The van der Waals surface area contributed by atoms with Crippen molar-refractivity contribution in [1.29, 1.82) is 0 Å². The monoisotopic (exact) mass is 229 g/mol. The van der Waals surface area contributed by atoms with Crippen LogP contribution in [0.4, 0.5) is 0 Å². The molecule has 1 aromatic rings. The first-order valence-electron chi connectivity index (χ1n) is 5.24. The molecule has 1 aliphatic heterocycles. The molecule has 1 aliphatic rings. The molecule has 1 unspecified atom stereocenters. The van der Waals surface area contributed by atoms with E-state index in [4.69, 9.17) is 11.6 Å². The van der Waals surface area contributed by atoms with Crippen LogP contribution in [-0.4, -0.2) is 28.0 Å². The number of aliphatic hydroxyl groups is 1. The molecule has 2 heterocycles. The number of aromatic nitrogens is 2. The van der Waals surface area contributed by atoms with Crippen LogP contribution in [0, 0.1) is 0 Å². The van der Waals surface area contributed by atoms with Crippen molar-refractivity contribution in [2.75, 3.05) is 13.1 Å². The summed E-state index contributed by atoms with van der Waals surface area (Å²) >= 11 is 6.06. The molecule has 1 saturated heterocycles. The molecule has 0 aromatic carbocycles. The van der Waals surface area contributed by atoms with Gasteiger partial charge < -0.3 is 10.4 Å². The highest BCUT2D eigenvalue weighted by atomic mass is 35.5. The van der Waals surface area contributed by atoms with E-state index >= 15 is 0 Å². The Hall–Kier alpha value is -0.580. The van der Waals surface area contributed by atoms with Crippen LogP contribution >= 0.6 is 11.6 Å². The second-order valence-corrected chi connectivity index (χ2v) is 4.51. The van der Waals surface area contributed by atoms with Gasteiger partial charge in [0.05, 0.1) is 16.9 Å². The van der Waals surface area contributed by atoms with Crippen molar-refractivity contribution in [2.45, 2.75) is 24.9 Å². The van der Waals surface area contributed by atoms with Crippen LogP contribution in [0.2, 0.25) is 5.02 Å². The van der Waals surface area contributed by atoms with E-state index in [0.717, 1.165) is 31.6 Å². The standard InChI is InChI=1S/C10H16ClN3O/c1-14-9(8(11)7-13-14)10(15)3-2-5-12-6-4-10/h7,12,15H,2-6H2,1H3. The number of nitrogens with zero attached hydrogens (tertiary/aromatic N) is 2.